The average molecular weight is 1600 g/mol. The fourth-order valence-corrected chi connectivity index (χ4v) is 14.2. The Bertz CT molecular complexity index is 4720. The normalized spacial score (nSPS) is 30.6. The minimum Gasteiger partial charge on any atom is -0.463 e. The second kappa shape index (κ2) is 37.1. The van der Waals surface area contributed by atoms with Crippen molar-refractivity contribution in [3.63, 3.8) is 0 Å². The van der Waals surface area contributed by atoms with Crippen LogP contribution in [0.1, 0.15) is 81.5 Å². The second-order valence-electron chi connectivity index (χ2n) is 29.2. The number of nitrogens with one attached hydrogen (secondary N) is 2. The van der Waals surface area contributed by atoms with Gasteiger partial charge in [-0.3, -0.25) is 19.1 Å². The number of imidazole rings is 2. The highest BCUT2D eigenvalue weighted by Gasteiger charge is 2.53. The zero-order valence-corrected chi connectivity index (χ0v) is 63.1. The molecular formula is C73H98N24O18. The van der Waals surface area contributed by atoms with Crippen LogP contribution in [0.5, 0.6) is 12.0 Å². The van der Waals surface area contributed by atoms with Crippen LogP contribution >= 0.6 is 0 Å². The zero-order chi connectivity index (χ0) is 81.3. The van der Waals surface area contributed by atoms with Crippen LogP contribution in [0.4, 0.5) is 11.6 Å². The van der Waals surface area contributed by atoms with Crippen LogP contribution in [0.15, 0.2) is 120 Å². The number of hydrogen-bond acceptors (Lipinski definition) is 38. The molecule has 5 fully saturated rings. The Morgan fingerprint density at radius 3 is 1.63 bits per heavy atom. The predicted octanol–water partition coefficient (Wildman–Crippen LogP) is -3.10. The third-order valence-corrected chi connectivity index (χ3v) is 20.7. The van der Waals surface area contributed by atoms with Gasteiger partial charge in [0.2, 0.25) is 11.9 Å². The van der Waals surface area contributed by atoms with Gasteiger partial charge in [-0.15, -0.1) is 5.10 Å². The highest BCUT2D eigenvalue weighted by atomic mass is 16.6. The van der Waals surface area contributed by atoms with Crippen molar-refractivity contribution in [3.05, 3.63) is 96.1 Å². The number of hydrogen-bond donors (Lipinski definition) is 18. The maximum atomic E-state index is 10.3. The van der Waals surface area contributed by atoms with Crippen molar-refractivity contribution < 1.29 is 89.7 Å². The largest absolute Gasteiger partial charge is 0.463 e. The number of benzene rings is 3. The van der Waals surface area contributed by atoms with Crippen LogP contribution in [0.25, 0.3) is 33.1 Å². The van der Waals surface area contributed by atoms with E-state index in [2.05, 4.69) is 125 Å². The molecule has 7 aromatic rings. The first-order valence-electron chi connectivity index (χ1n) is 37.8. The molecule has 42 heteroatoms. The van der Waals surface area contributed by atoms with E-state index in [9.17, 15) is 61.3 Å². The number of nitrogens with two attached hydrogens (primary N) is 4. The molecule has 0 spiro atoms. The van der Waals surface area contributed by atoms with Crippen molar-refractivity contribution in [3.8, 4) is 12.0 Å². The minimum absolute atomic E-state index is 0.0734. The molecule has 12 unspecified atom stereocenters. The monoisotopic (exact) mass is 1600 g/mol. The molecule has 16 rings (SSSR count). The Morgan fingerprint density at radius 1 is 0.583 bits per heavy atom. The van der Waals surface area contributed by atoms with Gasteiger partial charge >= 0.3 is 12.0 Å². The number of anilines is 2. The lowest BCUT2D eigenvalue weighted by Gasteiger charge is -2.35. The van der Waals surface area contributed by atoms with Gasteiger partial charge in [0.05, 0.1) is 65.0 Å². The first-order valence-corrected chi connectivity index (χ1v) is 37.8. The Hall–Kier alpha value is -10.3. The van der Waals surface area contributed by atoms with E-state index in [-0.39, 0.29) is 47.2 Å². The molecule has 1 aliphatic carbocycles. The Labute approximate surface area is 657 Å². The average Bonchev–Trinajstić information content (AvgIpc) is 1.64. The van der Waals surface area contributed by atoms with E-state index in [1.165, 1.54) is 64.7 Å². The molecule has 20 atom stereocenters. The zero-order valence-electron chi connectivity index (χ0n) is 63.1. The fourth-order valence-electron chi connectivity index (χ4n) is 14.2. The lowest BCUT2D eigenvalue weighted by Crippen LogP contribution is -2.61. The number of hydrazone groups is 1. The molecule has 1 saturated carbocycles. The number of nitrogen functional groups attached to an aromatic ring is 2. The molecule has 9 aliphatic rings. The molecule has 115 heavy (non-hydrogen) atoms. The summed E-state index contributed by atoms with van der Waals surface area (Å²) in [5.74, 6) is 2.21. The first-order chi connectivity index (χ1) is 55.5. The van der Waals surface area contributed by atoms with E-state index in [1.807, 2.05) is 49.5 Å². The molecular weight excluding hydrogens is 1500 g/mol. The number of rotatable bonds is 21. The standard InChI is InChI=1S/C22H23N5O5.C19H23N5O5.C17H27N7O4.C15H25N7O4/c23-19-16-20(27(11-24-16)21-18(30)17(29)15(10-28)32-21)26-22(25-19)31-8-7-12-5-6-13-3-1-2-4-14(13)9-12;1-10-2-4-11(5-3-10)6-7-28-19-22-16(20)13-17(23-19)24(9-21-13)18-15(27)14(26)12(8-25)29-18;18-14-11-15(22-17(21-14)23-20-6-9-4-2-1-3-5-9)24(8-19-11)16-13(27)12(26)10(7-25)28-16;1-7(2)3-4-18-21-15-19-12(16)9-13(20-15)22(6-17-9)14-11(25)10(24)8(5-23)26-14/h1-6,9,11,15,17-18,21,28-30H,7-8,10H2,(H2,23,25,26);2-5,9,12,14-15,18,25-27H,6-8H2,1H3,(H2,20,22,23);6,8-13,15-16,25-27H,1-5,7H2,(H3,18,21,22,23);4,6-11,13-14,23-25H,3,5H2,1-2H3,(H3,16,19,20,21)/b;;20-6-;18-4-/t15?,17-,18-,21?;12?,14-,15-,18?;10?,11?,12-,13-,15?,16?;8?,9?,10-,11-,13?,14?/m1111/s1. The van der Waals surface area contributed by atoms with E-state index in [0.717, 1.165) is 35.8 Å². The van der Waals surface area contributed by atoms with Crippen molar-refractivity contribution in [2.75, 3.05) is 51.1 Å². The summed E-state index contributed by atoms with van der Waals surface area (Å²) in [5.41, 5.74) is 31.5. The van der Waals surface area contributed by atoms with Gasteiger partial charge in [0.25, 0.3) is 0 Å². The summed E-state index contributed by atoms with van der Waals surface area (Å²) >= 11 is 0. The van der Waals surface area contributed by atoms with Crippen molar-refractivity contribution in [1.82, 2.24) is 59.6 Å². The van der Waals surface area contributed by atoms with Crippen LogP contribution in [0, 0.1) is 18.8 Å². The maximum Gasteiger partial charge on any atom is 0.320 e. The summed E-state index contributed by atoms with van der Waals surface area (Å²) in [6.07, 6.45) is -0.679. The van der Waals surface area contributed by atoms with Gasteiger partial charge < -0.3 is 128 Å². The summed E-state index contributed by atoms with van der Waals surface area (Å²) < 4.78 is 36.6. The Kier molecular flexibility index (Phi) is 26.7. The smallest absolute Gasteiger partial charge is 0.320 e. The van der Waals surface area contributed by atoms with Crippen LogP contribution in [0.3, 0.4) is 0 Å². The molecule has 0 radical (unpaired) electrons. The van der Waals surface area contributed by atoms with Gasteiger partial charge in [-0.05, 0) is 59.9 Å². The number of nitrogens with zero attached hydrogens (tertiary/aromatic N) is 18. The predicted molar refractivity (Wildman–Crippen MR) is 418 cm³/mol. The molecule has 22 N–H and O–H groups in total. The Balaban J connectivity index is 0.000000134. The number of ether oxygens (including phenoxy) is 6. The summed E-state index contributed by atoms with van der Waals surface area (Å²) in [7, 11) is 0. The summed E-state index contributed by atoms with van der Waals surface area (Å²) in [6, 6.07) is 21.7. The van der Waals surface area contributed by atoms with Crippen LogP contribution < -0.4 is 43.2 Å². The molecule has 4 aromatic heterocycles. The SMILES string of the molecule is CC(C)C/C=N\NC1=NC2C(N=CN2C2OC(CO)[C@@H](O)[C@H]2O)C(N)=N1.Cc1ccc(CCOc2nc(N)c3ncn(C4OC(CO)[C@@H](O)[C@H]4O)c3n2)cc1.NC1=NC(=N/N=C\C2CCCCC2)NC2C1N=CN2C1OC(CO)[C@@H](O)[C@H]1O.Nc1nc(OCCc2ccc3ccccc3c2)nc2c1ncn2C1OC(CO)[C@@H](O)[C@H]1O. The van der Waals surface area contributed by atoms with Gasteiger partial charge in [-0.25, -0.2) is 20.4 Å². The third-order valence-electron chi connectivity index (χ3n) is 20.7. The number of aliphatic hydroxyl groups is 12. The molecule has 12 heterocycles. The third kappa shape index (κ3) is 18.5. The quantitative estimate of drug-likeness (QED) is 0.0250. The van der Waals surface area contributed by atoms with Gasteiger partial charge in [0, 0.05) is 25.3 Å². The molecule has 3 aromatic carbocycles. The molecule has 4 saturated heterocycles. The topological polar surface area (TPSA) is 619 Å². The number of aliphatic imine (C=N–C) groups is 5. The second-order valence-corrected chi connectivity index (χ2v) is 29.2. The van der Waals surface area contributed by atoms with Crippen molar-refractivity contribution in [2.45, 2.75) is 195 Å². The molecule has 42 nitrogen and oxygen atoms in total. The number of fused-ring (bicyclic) bond motifs is 5. The lowest BCUT2D eigenvalue weighted by molar-refractivity contribution is -0.0803. The first kappa shape index (κ1) is 82.7. The molecule has 0 amide bonds. The van der Waals surface area contributed by atoms with E-state index < -0.39 is 149 Å². The Morgan fingerprint density at radius 2 is 1.08 bits per heavy atom. The maximum absolute atomic E-state index is 10.3. The molecule has 8 aliphatic heterocycles. The number of aromatic nitrogens is 8. The van der Waals surface area contributed by atoms with Crippen molar-refractivity contribution in [1.29, 1.82) is 0 Å². The number of aliphatic hydroxyl groups excluding tert-OH is 12. The number of amidine groups is 2. The molecule has 618 valence electrons. The summed E-state index contributed by atoms with van der Waals surface area (Å²) in [6.45, 7) is 5.24. The van der Waals surface area contributed by atoms with Crippen LogP contribution in [0.2, 0.25) is 0 Å². The van der Waals surface area contributed by atoms with E-state index in [4.69, 9.17) is 51.4 Å². The minimum atomic E-state index is -1.27. The van der Waals surface area contributed by atoms with E-state index in [0.29, 0.717) is 60.2 Å². The lowest BCUT2D eigenvalue weighted by atomic mass is 9.90. The van der Waals surface area contributed by atoms with Crippen molar-refractivity contribution in [2.24, 2.45) is 63.6 Å². The van der Waals surface area contributed by atoms with Crippen molar-refractivity contribution >= 4 is 93.4 Å². The number of aryl methyl sites for hydroxylation is 1. The number of guanidine groups is 2. The van der Waals surface area contributed by atoms with E-state index >= 15 is 0 Å². The molecule has 0 bridgehead atoms. The van der Waals surface area contributed by atoms with Gasteiger partial charge in [-0.1, -0.05) is 105 Å². The highest BCUT2D eigenvalue weighted by molar-refractivity contribution is 6.03. The van der Waals surface area contributed by atoms with Gasteiger partial charge in [0.15, 0.2) is 65.0 Å². The van der Waals surface area contributed by atoms with Crippen LogP contribution in [-0.2, 0) is 31.8 Å². The summed E-state index contributed by atoms with van der Waals surface area (Å²) in [4.78, 5) is 50.0. The highest BCUT2D eigenvalue weighted by Crippen LogP contribution is 2.37. The summed E-state index contributed by atoms with van der Waals surface area (Å²) in [5, 5.41) is 136. The van der Waals surface area contributed by atoms with E-state index in [1.54, 1.807) is 16.0 Å². The fraction of sp³-hybridized carbons (Fsp3) is 0.534. The van der Waals surface area contributed by atoms with Gasteiger partial charge in [-0.2, -0.15) is 40.1 Å². The van der Waals surface area contributed by atoms with Gasteiger partial charge in [0.1, 0.15) is 103 Å². The van der Waals surface area contributed by atoms with Crippen LogP contribution in [-0.4, -0.2) is 309 Å².